The smallest absolute Gasteiger partial charge is 0.241 e. The van der Waals surface area contributed by atoms with E-state index in [0.717, 1.165) is 46.9 Å². The Morgan fingerprint density at radius 2 is 2.14 bits per heavy atom. The summed E-state index contributed by atoms with van der Waals surface area (Å²) in [7, 11) is 1.86. The third-order valence-electron chi connectivity index (χ3n) is 5.29. The van der Waals surface area contributed by atoms with E-state index in [1.807, 2.05) is 37.4 Å². The second kappa shape index (κ2) is 6.78. The normalized spacial score (nSPS) is 19.9. The molecule has 1 aliphatic rings. The number of hydrogen-bond acceptors (Lipinski definition) is 5. The molecule has 7 nitrogen and oxygen atoms in total. The number of rotatable bonds is 4. The minimum Gasteiger partial charge on any atom is -0.470 e. The van der Waals surface area contributed by atoms with Gasteiger partial charge in [0.1, 0.15) is 17.8 Å². The first-order valence-electron chi connectivity index (χ1n) is 9.52. The summed E-state index contributed by atoms with van der Waals surface area (Å²) in [5.41, 5.74) is 3.42. The quantitative estimate of drug-likeness (QED) is 0.553. The molecule has 3 heterocycles. The van der Waals surface area contributed by atoms with E-state index in [9.17, 15) is 4.39 Å². The minimum atomic E-state index is -0.924. The molecule has 8 heteroatoms. The van der Waals surface area contributed by atoms with Crippen LogP contribution in [0.3, 0.4) is 0 Å². The molecule has 0 amide bonds. The third-order valence-corrected chi connectivity index (χ3v) is 5.29. The number of H-pyrrole nitrogens is 1. The second-order valence-corrected chi connectivity index (χ2v) is 7.21. The van der Waals surface area contributed by atoms with Crippen molar-refractivity contribution in [2.24, 2.45) is 7.05 Å². The monoisotopic (exact) mass is 380 g/mol. The van der Waals surface area contributed by atoms with Crippen molar-refractivity contribution in [2.75, 3.05) is 5.32 Å². The predicted molar refractivity (Wildman–Crippen MR) is 106 cm³/mol. The van der Waals surface area contributed by atoms with Gasteiger partial charge in [0.25, 0.3) is 0 Å². The largest absolute Gasteiger partial charge is 0.470 e. The zero-order valence-corrected chi connectivity index (χ0v) is 15.5. The van der Waals surface area contributed by atoms with E-state index in [4.69, 9.17) is 4.74 Å². The standard InChI is InChI=1S/C20H21FN6O/c1-27-16-11-12(23-19-18-15(24-25-19)6-4-10-22-18)8-9-13(16)20(26-27)28-17-7-3-2-5-14(17)21/h4,6,8-11,14,17H,2-3,5,7H2,1H3,(H2,23,24,25). The Labute approximate surface area is 160 Å². The summed E-state index contributed by atoms with van der Waals surface area (Å²) in [5, 5.41) is 15.9. The maximum Gasteiger partial charge on any atom is 0.241 e. The molecule has 1 aromatic carbocycles. The summed E-state index contributed by atoms with van der Waals surface area (Å²) in [6.45, 7) is 0. The van der Waals surface area contributed by atoms with Crippen LogP contribution >= 0.6 is 0 Å². The van der Waals surface area contributed by atoms with Crippen molar-refractivity contribution < 1.29 is 9.13 Å². The molecule has 4 aromatic rings. The number of anilines is 2. The Morgan fingerprint density at radius 1 is 1.25 bits per heavy atom. The summed E-state index contributed by atoms with van der Waals surface area (Å²) in [6.07, 6.45) is 3.62. The van der Waals surface area contributed by atoms with Crippen molar-refractivity contribution >= 4 is 33.4 Å². The van der Waals surface area contributed by atoms with E-state index in [1.165, 1.54) is 0 Å². The van der Waals surface area contributed by atoms with Crippen molar-refractivity contribution in [3.05, 3.63) is 36.5 Å². The molecule has 1 aliphatic carbocycles. The maximum atomic E-state index is 14.2. The molecule has 28 heavy (non-hydrogen) atoms. The van der Waals surface area contributed by atoms with Crippen molar-refractivity contribution in [2.45, 2.75) is 38.0 Å². The summed E-state index contributed by atoms with van der Waals surface area (Å²) >= 11 is 0. The average molecular weight is 380 g/mol. The van der Waals surface area contributed by atoms with E-state index >= 15 is 0 Å². The van der Waals surface area contributed by atoms with Crippen LogP contribution in [0.2, 0.25) is 0 Å². The van der Waals surface area contributed by atoms with Gasteiger partial charge in [-0.05, 0) is 49.6 Å². The minimum absolute atomic E-state index is 0.411. The number of aromatic amines is 1. The van der Waals surface area contributed by atoms with Crippen molar-refractivity contribution in [3.63, 3.8) is 0 Å². The number of hydrogen-bond donors (Lipinski definition) is 2. The SMILES string of the molecule is Cn1nc(OC2CCCCC2F)c2ccc(Nc3n[nH]c4cccnc34)cc21. The summed E-state index contributed by atoms with van der Waals surface area (Å²) in [5.74, 6) is 1.15. The zero-order chi connectivity index (χ0) is 19.1. The lowest BCUT2D eigenvalue weighted by molar-refractivity contribution is 0.0608. The van der Waals surface area contributed by atoms with Crippen LogP contribution in [-0.4, -0.2) is 37.2 Å². The highest BCUT2D eigenvalue weighted by molar-refractivity contribution is 5.91. The number of alkyl halides is 1. The topological polar surface area (TPSA) is 80.6 Å². The fourth-order valence-corrected chi connectivity index (χ4v) is 3.79. The number of aryl methyl sites for hydroxylation is 1. The number of fused-ring (bicyclic) bond motifs is 2. The molecule has 144 valence electrons. The van der Waals surface area contributed by atoms with Crippen molar-refractivity contribution in [3.8, 4) is 5.88 Å². The van der Waals surface area contributed by atoms with Crippen LogP contribution in [0.1, 0.15) is 25.7 Å². The lowest BCUT2D eigenvalue weighted by Crippen LogP contribution is -2.31. The predicted octanol–water partition coefficient (Wildman–Crippen LogP) is 4.25. The Morgan fingerprint density at radius 3 is 3.04 bits per heavy atom. The van der Waals surface area contributed by atoms with Crippen LogP contribution in [0.5, 0.6) is 5.88 Å². The molecule has 2 unspecified atom stereocenters. The molecular weight excluding hydrogens is 359 g/mol. The summed E-state index contributed by atoms with van der Waals surface area (Å²) in [6, 6.07) is 9.65. The molecule has 0 aliphatic heterocycles. The molecule has 0 spiro atoms. The van der Waals surface area contributed by atoms with Gasteiger partial charge in [0.2, 0.25) is 5.88 Å². The van der Waals surface area contributed by atoms with Crippen molar-refractivity contribution in [1.82, 2.24) is 25.0 Å². The number of halogens is 1. The van der Waals surface area contributed by atoms with Gasteiger partial charge in [-0.2, -0.15) is 5.10 Å². The first-order chi connectivity index (χ1) is 13.7. The number of pyridine rings is 1. The van der Waals surface area contributed by atoms with Gasteiger partial charge >= 0.3 is 0 Å². The van der Waals surface area contributed by atoms with E-state index in [1.54, 1.807) is 10.9 Å². The van der Waals surface area contributed by atoms with Gasteiger partial charge in [-0.3, -0.25) is 14.8 Å². The molecule has 1 saturated carbocycles. The fourth-order valence-electron chi connectivity index (χ4n) is 3.79. The Hall–Kier alpha value is -3.16. The van der Waals surface area contributed by atoms with E-state index in [2.05, 4.69) is 25.6 Å². The van der Waals surface area contributed by atoms with E-state index < -0.39 is 12.3 Å². The van der Waals surface area contributed by atoms with Gasteiger partial charge < -0.3 is 10.1 Å². The van der Waals surface area contributed by atoms with Gasteiger partial charge in [0.15, 0.2) is 5.82 Å². The van der Waals surface area contributed by atoms with Gasteiger partial charge in [-0.1, -0.05) is 6.42 Å². The van der Waals surface area contributed by atoms with Crippen LogP contribution in [0, 0.1) is 0 Å². The molecule has 1 fully saturated rings. The Kier molecular flexibility index (Phi) is 4.11. The highest BCUT2D eigenvalue weighted by atomic mass is 19.1. The molecule has 5 rings (SSSR count). The zero-order valence-electron chi connectivity index (χ0n) is 15.5. The first kappa shape index (κ1) is 17.0. The molecule has 0 bridgehead atoms. The molecular formula is C20H21FN6O. The second-order valence-electron chi connectivity index (χ2n) is 7.21. The third kappa shape index (κ3) is 2.94. The van der Waals surface area contributed by atoms with Gasteiger partial charge in [0, 0.05) is 18.9 Å². The van der Waals surface area contributed by atoms with Gasteiger partial charge in [-0.25, -0.2) is 4.39 Å². The molecule has 0 radical (unpaired) electrons. The Balaban J connectivity index is 1.44. The highest BCUT2D eigenvalue weighted by Gasteiger charge is 2.28. The average Bonchev–Trinajstić information content (AvgIpc) is 3.25. The maximum absolute atomic E-state index is 14.2. The molecule has 2 N–H and O–H groups in total. The van der Waals surface area contributed by atoms with Crippen LogP contribution in [0.15, 0.2) is 36.5 Å². The lowest BCUT2D eigenvalue weighted by Gasteiger charge is -2.25. The van der Waals surface area contributed by atoms with Crippen LogP contribution < -0.4 is 10.1 Å². The first-order valence-corrected chi connectivity index (χ1v) is 9.52. The van der Waals surface area contributed by atoms with Gasteiger partial charge in [0.05, 0.1) is 16.4 Å². The van der Waals surface area contributed by atoms with Crippen molar-refractivity contribution in [1.29, 1.82) is 0 Å². The van der Waals surface area contributed by atoms with Crippen LogP contribution in [0.4, 0.5) is 15.9 Å². The molecule has 0 saturated heterocycles. The van der Waals surface area contributed by atoms with E-state index in [0.29, 0.717) is 18.1 Å². The number of nitrogens with zero attached hydrogens (tertiary/aromatic N) is 4. The number of nitrogens with one attached hydrogen (secondary N) is 2. The van der Waals surface area contributed by atoms with Crippen LogP contribution in [0.25, 0.3) is 21.9 Å². The van der Waals surface area contributed by atoms with Crippen LogP contribution in [-0.2, 0) is 7.05 Å². The van der Waals surface area contributed by atoms with E-state index in [-0.39, 0.29) is 0 Å². The summed E-state index contributed by atoms with van der Waals surface area (Å²) < 4.78 is 21.9. The number of ether oxygens (including phenoxy) is 1. The Bertz CT molecular complexity index is 1140. The number of aromatic nitrogens is 5. The highest BCUT2D eigenvalue weighted by Crippen LogP contribution is 2.32. The fraction of sp³-hybridized carbons (Fsp3) is 0.350. The summed E-state index contributed by atoms with van der Waals surface area (Å²) in [4.78, 5) is 4.36. The molecule has 2 atom stereocenters. The van der Waals surface area contributed by atoms with Gasteiger partial charge in [-0.15, -0.1) is 5.10 Å². The lowest BCUT2D eigenvalue weighted by atomic mass is 9.96. The molecule has 3 aromatic heterocycles. The number of benzene rings is 1.